The van der Waals surface area contributed by atoms with E-state index < -0.39 is 0 Å². The molecule has 0 heterocycles. The summed E-state index contributed by atoms with van der Waals surface area (Å²) in [6.07, 6.45) is 2.54. The summed E-state index contributed by atoms with van der Waals surface area (Å²) in [6.45, 7) is 8.47. The van der Waals surface area contributed by atoms with E-state index in [1.165, 1.54) is 24.0 Å². The first-order valence-electron chi connectivity index (χ1n) is 6.92. The molecule has 0 aromatic heterocycles. The van der Waals surface area contributed by atoms with Crippen LogP contribution in [0.3, 0.4) is 0 Å². The zero-order valence-corrected chi connectivity index (χ0v) is 12.2. The van der Waals surface area contributed by atoms with Gasteiger partial charge in [0.05, 0.1) is 6.61 Å². The molecule has 0 aliphatic heterocycles. The van der Waals surface area contributed by atoms with E-state index in [9.17, 15) is 0 Å². The molecule has 1 aromatic carbocycles. The Hall–Kier alpha value is -0.860. The molecule has 1 aromatic rings. The van der Waals surface area contributed by atoms with Gasteiger partial charge in [-0.15, -0.1) is 0 Å². The van der Waals surface area contributed by atoms with Crippen molar-refractivity contribution in [2.45, 2.75) is 52.8 Å². The zero-order valence-electron chi connectivity index (χ0n) is 12.2. The van der Waals surface area contributed by atoms with Crippen molar-refractivity contribution in [3.05, 3.63) is 35.4 Å². The van der Waals surface area contributed by atoms with Gasteiger partial charge in [0.1, 0.15) is 0 Å². The van der Waals surface area contributed by atoms with Gasteiger partial charge < -0.3 is 10.1 Å². The molecule has 0 spiro atoms. The highest BCUT2D eigenvalue weighted by Gasteiger charge is 2.03. The molecular weight excluding hydrogens is 222 g/mol. The molecule has 0 aliphatic rings. The normalized spacial score (nSPS) is 12.9. The molecule has 18 heavy (non-hydrogen) atoms. The second-order valence-electron chi connectivity index (χ2n) is 5.50. The van der Waals surface area contributed by atoms with Crippen LogP contribution in [0.15, 0.2) is 24.3 Å². The van der Waals surface area contributed by atoms with Crippen LogP contribution in [0.25, 0.3) is 0 Å². The third kappa shape index (κ3) is 6.18. The average Bonchev–Trinajstić information content (AvgIpc) is 2.36. The number of benzene rings is 1. The lowest BCUT2D eigenvalue weighted by molar-refractivity contribution is 0.185. The van der Waals surface area contributed by atoms with Crippen LogP contribution in [0.5, 0.6) is 0 Å². The van der Waals surface area contributed by atoms with Crippen molar-refractivity contribution in [1.29, 1.82) is 0 Å². The molecule has 0 radical (unpaired) electrons. The van der Waals surface area contributed by atoms with Gasteiger partial charge in [-0.3, -0.25) is 0 Å². The van der Waals surface area contributed by atoms with Gasteiger partial charge in [0.2, 0.25) is 0 Å². The maximum atomic E-state index is 5.10. The van der Waals surface area contributed by atoms with Crippen LogP contribution in [0.2, 0.25) is 0 Å². The Labute approximate surface area is 112 Å². The van der Waals surface area contributed by atoms with Gasteiger partial charge in [-0.2, -0.15) is 0 Å². The minimum Gasteiger partial charge on any atom is -0.380 e. The average molecular weight is 249 g/mol. The van der Waals surface area contributed by atoms with Gasteiger partial charge in [0, 0.05) is 19.7 Å². The Balaban J connectivity index is 2.29. The van der Waals surface area contributed by atoms with Crippen molar-refractivity contribution >= 4 is 0 Å². The highest BCUT2D eigenvalue weighted by Crippen LogP contribution is 2.08. The molecule has 0 saturated heterocycles. The van der Waals surface area contributed by atoms with Gasteiger partial charge in [-0.05, 0) is 36.8 Å². The molecule has 0 saturated carbocycles. The van der Waals surface area contributed by atoms with Crippen molar-refractivity contribution in [1.82, 2.24) is 5.32 Å². The largest absolute Gasteiger partial charge is 0.380 e. The molecule has 102 valence electrons. The van der Waals surface area contributed by atoms with E-state index in [-0.39, 0.29) is 0 Å². The van der Waals surface area contributed by atoms with E-state index in [0.29, 0.717) is 12.6 Å². The first-order valence-corrected chi connectivity index (χ1v) is 6.92. The van der Waals surface area contributed by atoms with Crippen LogP contribution in [0.1, 0.15) is 44.7 Å². The Kier molecular flexibility index (Phi) is 6.99. The SMILES string of the molecule is COCc1ccc(CNC(C)CCC(C)C)cc1. The molecule has 1 unspecified atom stereocenters. The first-order chi connectivity index (χ1) is 8.61. The van der Waals surface area contributed by atoms with Crippen molar-refractivity contribution in [3.63, 3.8) is 0 Å². The van der Waals surface area contributed by atoms with E-state index in [0.717, 1.165) is 12.5 Å². The maximum absolute atomic E-state index is 5.10. The van der Waals surface area contributed by atoms with Gasteiger partial charge in [-0.1, -0.05) is 38.1 Å². The number of methoxy groups -OCH3 is 1. The smallest absolute Gasteiger partial charge is 0.0713 e. The number of hydrogen-bond donors (Lipinski definition) is 1. The fourth-order valence-corrected chi connectivity index (χ4v) is 1.90. The monoisotopic (exact) mass is 249 g/mol. The van der Waals surface area contributed by atoms with Crippen molar-refractivity contribution in [2.24, 2.45) is 5.92 Å². The second kappa shape index (κ2) is 8.28. The van der Waals surface area contributed by atoms with Crippen LogP contribution in [-0.4, -0.2) is 13.2 Å². The van der Waals surface area contributed by atoms with Crippen LogP contribution >= 0.6 is 0 Å². The van der Waals surface area contributed by atoms with Gasteiger partial charge >= 0.3 is 0 Å². The fraction of sp³-hybridized carbons (Fsp3) is 0.625. The topological polar surface area (TPSA) is 21.3 Å². The van der Waals surface area contributed by atoms with E-state index in [1.54, 1.807) is 7.11 Å². The number of rotatable bonds is 8. The standard InChI is InChI=1S/C16H27NO/c1-13(2)5-6-14(3)17-11-15-7-9-16(10-8-15)12-18-4/h7-10,13-14,17H,5-6,11-12H2,1-4H3. The Morgan fingerprint density at radius 2 is 1.61 bits per heavy atom. The lowest BCUT2D eigenvalue weighted by Gasteiger charge is -2.15. The number of hydrogen-bond acceptors (Lipinski definition) is 2. The highest BCUT2D eigenvalue weighted by atomic mass is 16.5. The highest BCUT2D eigenvalue weighted by molar-refractivity contribution is 5.21. The Morgan fingerprint density at radius 1 is 1.00 bits per heavy atom. The summed E-state index contributed by atoms with van der Waals surface area (Å²) in [5, 5.41) is 3.57. The number of ether oxygens (including phenoxy) is 1. The summed E-state index contributed by atoms with van der Waals surface area (Å²) in [7, 11) is 1.73. The lowest BCUT2D eigenvalue weighted by atomic mass is 10.0. The minimum atomic E-state index is 0.589. The molecule has 0 amide bonds. The first kappa shape index (κ1) is 15.2. The molecular formula is C16H27NO. The molecule has 0 bridgehead atoms. The fourth-order valence-electron chi connectivity index (χ4n) is 1.90. The molecule has 1 rings (SSSR count). The van der Waals surface area contributed by atoms with Crippen molar-refractivity contribution < 1.29 is 4.74 Å². The Morgan fingerprint density at radius 3 is 2.17 bits per heavy atom. The summed E-state index contributed by atoms with van der Waals surface area (Å²) >= 11 is 0. The zero-order chi connectivity index (χ0) is 13.4. The van der Waals surface area contributed by atoms with E-state index >= 15 is 0 Å². The molecule has 0 aliphatic carbocycles. The summed E-state index contributed by atoms with van der Waals surface area (Å²) in [5.74, 6) is 0.794. The number of nitrogens with one attached hydrogen (secondary N) is 1. The third-order valence-corrected chi connectivity index (χ3v) is 3.17. The van der Waals surface area contributed by atoms with Crippen LogP contribution < -0.4 is 5.32 Å². The molecule has 2 heteroatoms. The Bertz CT molecular complexity index is 318. The van der Waals surface area contributed by atoms with Crippen LogP contribution in [-0.2, 0) is 17.9 Å². The van der Waals surface area contributed by atoms with Crippen molar-refractivity contribution in [2.75, 3.05) is 7.11 Å². The molecule has 0 fully saturated rings. The third-order valence-electron chi connectivity index (χ3n) is 3.17. The predicted octanol–water partition coefficient (Wildman–Crippen LogP) is 3.75. The molecule has 1 N–H and O–H groups in total. The minimum absolute atomic E-state index is 0.589. The van der Waals surface area contributed by atoms with Gasteiger partial charge in [-0.25, -0.2) is 0 Å². The molecule has 1 atom stereocenters. The predicted molar refractivity (Wildman–Crippen MR) is 77.5 cm³/mol. The van der Waals surface area contributed by atoms with Crippen molar-refractivity contribution in [3.8, 4) is 0 Å². The summed E-state index contributed by atoms with van der Waals surface area (Å²) in [4.78, 5) is 0. The second-order valence-corrected chi connectivity index (χ2v) is 5.50. The van der Waals surface area contributed by atoms with E-state index in [4.69, 9.17) is 4.74 Å². The summed E-state index contributed by atoms with van der Waals surface area (Å²) in [6, 6.07) is 9.22. The van der Waals surface area contributed by atoms with E-state index in [2.05, 4.69) is 50.4 Å². The van der Waals surface area contributed by atoms with Crippen LogP contribution in [0.4, 0.5) is 0 Å². The lowest BCUT2D eigenvalue weighted by Crippen LogP contribution is -2.25. The summed E-state index contributed by atoms with van der Waals surface area (Å²) in [5.41, 5.74) is 2.57. The van der Waals surface area contributed by atoms with E-state index in [1.807, 2.05) is 0 Å². The summed E-state index contributed by atoms with van der Waals surface area (Å²) < 4.78 is 5.10. The molecule has 2 nitrogen and oxygen atoms in total. The quantitative estimate of drug-likeness (QED) is 0.757. The van der Waals surface area contributed by atoms with Crippen LogP contribution in [0, 0.1) is 5.92 Å². The maximum Gasteiger partial charge on any atom is 0.0713 e. The van der Waals surface area contributed by atoms with Gasteiger partial charge in [0.15, 0.2) is 0 Å². The van der Waals surface area contributed by atoms with Gasteiger partial charge in [0.25, 0.3) is 0 Å².